The van der Waals surface area contributed by atoms with Crippen molar-refractivity contribution in [2.45, 2.75) is 23.3 Å². The first-order valence-electron chi connectivity index (χ1n) is 4.73. The molecule has 2 rings (SSSR count). The van der Waals surface area contributed by atoms with Gasteiger partial charge in [-0.25, -0.2) is 17.5 Å². The Morgan fingerprint density at radius 1 is 1.50 bits per heavy atom. The van der Waals surface area contributed by atoms with Gasteiger partial charge in [0.2, 0.25) is 10.0 Å². The Kier molecular flexibility index (Phi) is 2.69. The van der Waals surface area contributed by atoms with E-state index in [-0.39, 0.29) is 11.5 Å². The van der Waals surface area contributed by atoms with E-state index in [1.165, 1.54) is 0 Å². The number of halogens is 1. The second-order valence-corrected chi connectivity index (χ2v) is 5.57. The van der Waals surface area contributed by atoms with E-state index >= 15 is 0 Å². The van der Waals surface area contributed by atoms with E-state index < -0.39 is 21.4 Å². The number of hydrogen-bond acceptors (Lipinski definition) is 4. The fourth-order valence-corrected chi connectivity index (χ4v) is 2.75. The summed E-state index contributed by atoms with van der Waals surface area (Å²) in [6, 6.07) is 0.892. The van der Waals surface area contributed by atoms with Crippen molar-refractivity contribution >= 4 is 10.0 Å². The molecule has 1 heterocycles. The standard InChI is InChI=1S/C9H11FN2O3S/c10-7-3-8(5-11-4-7)16(14,15)12-9(6-13)1-2-9/h3-5,12-13H,1-2,6H2. The van der Waals surface area contributed by atoms with Gasteiger partial charge in [-0.2, -0.15) is 0 Å². The van der Waals surface area contributed by atoms with Gasteiger partial charge >= 0.3 is 0 Å². The van der Waals surface area contributed by atoms with Crippen molar-refractivity contribution in [2.24, 2.45) is 0 Å². The number of hydrogen-bond donors (Lipinski definition) is 2. The molecular formula is C9H11FN2O3S. The molecule has 1 aliphatic rings. The van der Waals surface area contributed by atoms with E-state index in [9.17, 15) is 12.8 Å². The second-order valence-electron chi connectivity index (χ2n) is 3.88. The number of aliphatic hydroxyl groups is 1. The number of rotatable bonds is 4. The number of aliphatic hydroxyl groups excluding tert-OH is 1. The molecule has 0 aliphatic heterocycles. The highest BCUT2D eigenvalue weighted by atomic mass is 32.2. The molecule has 0 bridgehead atoms. The third-order valence-electron chi connectivity index (χ3n) is 2.50. The third kappa shape index (κ3) is 2.21. The van der Waals surface area contributed by atoms with Crippen molar-refractivity contribution in [3.8, 4) is 0 Å². The summed E-state index contributed by atoms with van der Waals surface area (Å²) in [5, 5.41) is 9.00. The van der Waals surface area contributed by atoms with E-state index in [1.807, 2.05) is 0 Å². The number of nitrogens with one attached hydrogen (secondary N) is 1. The van der Waals surface area contributed by atoms with Crippen molar-refractivity contribution in [1.29, 1.82) is 0 Å². The SMILES string of the molecule is O=S(=O)(NC1(CO)CC1)c1cncc(F)c1. The van der Waals surface area contributed by atoms with Gasteiger partial charge < -0.3 is 5.11 Å². The molecule has 1 aromatic heterocycles. The van der Waals surface area contributed by atoms with Crippen molar-refractivity contribution < 1.29 is 17.9 Å². The summed E-state index contributed by atoms with van der Waals surface area (Å²) < 4.78 is 38.7. The van der Waals surface area contributed by atoms with Crippen LogP contribution >= 0.6 is 0 Å². The van der Waals surface area contributed by atoms with Gasteiger partial charge in [-0.15, -0.1) is 0 Å². The Morgan fingerprint density at radius 2 is 2.19 bits per heavy atom. The van der Waals surface area contributed by atoms with E-state index in [0.29, 0.717) is 12.8 Å². The fourth-order valence-electron chi connectivity index (χ4n) is 1.33. The molecule has 2 N–H and O–H groups in total. The van der Waals surface area contributed by atoms with Crippen LogP contribution in [0.2, 0.25) is 0 Å². The number of aromatic nitrogens is 1. The first-order valence-corrected chi connectivity index (χ1v) is 6.21. The average Bonchev–Trinajstić information content (AvgIpc) is 2.98. The minimum Gasteiger partial charge on any atom is -0.394 e. The van der Waals surface area contributed by atoms with Gasteiger partial charge in [0.05, 0.1) is 18.3 Å². The molecule has 0 spiro atoms. The number of nitrogens with zero attached hydrogens (tertiary/aromatic N) is 1. The molecule has 5 nitrogen and oxygen atoms in total. The van der Waals surface area contributed by atoms with Gasteiger partial charge in [-0.3, -0.25) is 4.98 Å². The van der Waals surface area contributed by atoms with E-state index in [0.717, 1.165) is 18.5 Å². The van der Waals surface area contributed by atoms with Gasteiger partial charge in [0.25, 0.3) is 0 Å². The van der Waals surface area contributed by atoms with Crippen LogP contribution in [0.3, 0.4) is 0 Å². The summed E-state index contributed by atoms with van der Waals surface area (Å²) in [6.07, 6.45) is 3.17. The first-order chi connectivity index (χ1) is 7.47. The maximum Gasteiger partial charge on any atom is 0.242 e. The Labute approximate surface area is 92.4 Å². The molecule has 0 radical (unpaired) electrons. The summed E-state index contributed by atoms with van der Waals surface area (Å²) >= 11 is 0. The van der Waals surface area contributed by atoms with Crippen LogP contribution in [0.1, 0.15) is 12.8 Å². The minimum atomic E-state index is -3.80. The average molecular weight is 246 g/mol. The quantitative estimate of drug-likeness (QED) is 0.785. The monoisotopic (exact) mass is 246 g/mol. The lowest BCUT2D eigenvalue weighted by Gasteiger charge is -2.14. The third-order valence-corrected chi connectivity index (χ3v) is 4.04. The highest BCUT2D eigenvalue weighted by Gasteiger charge is 2.45. The highest BCUT2D eigenvalue weighted by Crippen LogP contribution is 2.36. The van der Waals surface area contributed by atoms with Gasteiger partial charge in [0.1, 0.15) is 10.7 Å². The Morgan fingerprint density at radius 3 is 2.69 bits per heavy atom. The number of sulfonamides is 1. The maximum absolute atomic E-state index is 12.8. The molecule has 1 fully saturated rings. The zero-order valence-corrected chi connectivity index (χ0v) is 9.17. The first kappa shape index (κ1) is 11.4. The van der Waals surface area contributed by atoms with Crippen LogP contribution < -0.4 is 4.72 Å². The summed E-state index contributed by atoms with van der Waals surface area (Å²) in [4.78, 5) is 3.24. The molecule has 16 heavy (non-hydrogen) atoms. The maximum atomic E-state index is 12.8. The molecule has 0 aromatic carbocycles. The smallest absolute Gasteiger partial charge is 0.242 e. The predicted molar refractivity (Wildman–Crippen MR) is 53.6 cm³/mol. The van der Waals surface area contributed by atoms with Gasteiger partial charge in [0, 0.05) is 6.20 Å². The molecule has 0 amide bonds. The molecular weight excluding hydrogens is 235 g/mol. The van der Waals surface area contributed by atoms with Crippen LogP contribution in [-0.4, -0.2) is 30.7 Å². The van der Waals surface area contributed by atoms with Crippen molar-refractivity contribution in [2.75, 3.05) is 6.61 Å². The van der Waals surface area contributed by atoms with Crippen molar-refractivity contribution in [3.63, 3.8) is 0 Å². The van der Waals surface area contributed by atoms with E-state index in [2.05, 4.69) is 9.71 Å². The largest absolute Gasteiger partial charge is 0.394 e. The van der Waals surface area contributed by atoms with Crippen LogP contribution in [0.25, 0.3) is 0 Å². The molecule has 7 heteroatoms. The lowest BCUT2D eigenvalue weighted by molar-refractivity contribution is 0.246. The van der Waals surface area contributed by atoms with Crippen LogP contribution in [0.15, 0.2) is 23.4 Å². The zero-order valence-electron chi connectivity index (χ0n) is 8.35. The zero-order chi connectivity index (χ0) is 11.8. The minimum absolute atomic E-state index is 0.229. The summed E-state index contributed by atoms with van der Waals surface area (Å²) in [5.41, 5.74) is -0.759. The summed E-state index contributed by atoms with van der Waals surface area (Å²) in [5.74, 6) is -0.711. The topological polar surface area (TPSA) is 79.3 Å². The van der Waals surface area contributed by atoms with Crippen molar-refractivity contribution in [3.05, 3.63) is 24.3 Å². The molecule has 0 saturated heterocycles. The van der Waals surface area contributed by atoms with Crippen molar-refractivity contribution in [1.82, 2.24) is 9.71 Å². The second kappa shape index (κ2) is 3.76. The van der Waals surface area contributed by atoms with Crippen LogP contribution in [0.5, 0.6) is 0 Å². The van der Waals surface area contributed by atoms with Gasteiger partial charge in [0.15, 0.2) is 0 Å². The van der Waals surface area contributed by atoms with E-state index in [4.69, 9.17) is 5.11 Å². The van der Waals surface area contributed by atoms with Crippen LogP contribution in [0.4, 0.5) is 4.39 Å². The van der Waals surface area contributed by atoms with Crippen LogP contribution in [-0.2, 0) is 10.0 Å². The fraction of sp³-hybridized carbons (Fsp3) is 0.444. The lowest BCUT2D eigenvalue weighted by atomic mass is 10.3. The predicted octanol–water partition coefficient (Wildman–Crippen LogP) is 0.0239. The Bertz CT molecular complexity index is 499. The summed E-state index contributed by atoms with van der Waals surface area (Å²) in [7, 11) is -3.80. The lowest BCUT2D eigenvalue weighted by Crippen LogP contribution is -2.39. The van der Waals surface area contributed by atoms with Gasteiger partial charge in [-0.1, -0.05) is 0 Å². The van der Waals surface area contributed by atoms with Gasteiger partial charge in [-0.05, 0) is 18.9 Å². The normalized spacial score (nSPS) is 18.4. The molecule has 88 valence electrons. The Hall–Kier alpha value is -1.05. The highest BCUT2D eigenvalue weighted by molar-refractivity contribution is 7.89. The van der Waals surface area contributed by atoms with E-state index in [1.54, 1.807) is 0 Å². The van der Waals surface area contributed by atoms with Crippen LogP contribution in [0, 0.1) is 5.82 Å². The molecule has 1 aromatic rings. The number of pyridine rings is 1. The summed E-state index contributed by atoms with van der Waals surface area (Å²) in [6.45, 7) is -0.255. The molecule has 1 aliphatic carbocycles. The molecule has 1 saturated carbocycles. The molecule has 0 unspecified atom stereocenters. The molecule has 0 atom stereocenters. The Balaban J connectivity index is 2.26.